The first-order chi connectivity index (χ1) is 14.1. The van der Waals surface area contributed by atoms with Gasteiger partial charge in [0, 0.05) is 28.4 Å². The first kappa shape index (κ1) is 19.5. The van der Waals surface area contributed by atoms with E-state index in [2.05, 4.69) is 96.7 Å². The Bertz CT molecular complexity index is 1010. The van der Waals surface area contributed by atoms with Crippen LogP contribution in [0.1, 0.15) is 16.7 Å². The Balaban J connectivity index is 1.49. The highest BCUT2D eigenvalue weighted by Gasteiger charge is 2.20. The quantitative estimate of drug-likeness (QED) is 0.511. The van der Waals surface area contributed by atoms with Gasteiger partial charge in [-0.3, -0.25) is 0 Å². The van der Waals surface area contributed by atoms with E-state index >= 15 is 0 Å². The van der Waals surface area contributed by atoms with Crippen molar-refractivity contribution in [3.63, 3.8) is 0 Å². The Labute approximate surface area is 177 Å². The average Bonchev–Trinajstić information content (AvgIpc) is 2.77. The predicted molar refractivity (Wildman–Crippen MR) is 124 cm³/mol. The summed E-state index contributed by atoms with van der Waals surface area (Å²) in [6, 6.07) is 23.5. The van der Waals surface area contributed by atoms with Crippen LogP contribution in [0.25, 0.3) is 5.70 Å². The molecule has 3 nitrogen and oxygen atoms in total. The first-order valence-electron chi connectivity index (χ1n) is 9.81. The van der Waals surface area contributed by atoms with Crippen molar-refractivity contribution in [2.45, 2.75) is 18.4 Å². The maximum absolute atomic E-state index is 5.97. The predicted octanol–water partition coefficient (Wildman–Crippen LogP) is 6.01. The summed E-state index contributed by atoms with van der Waals surface area (Å²) in [6.07, 6.45) is 2.09. The number of thioether (sulfide) groups is 1. The monoisotopic (exact) mass is 402 g/mol. The zero-order chi connectivity index (χ0) is 20.2. The summed E-state index contributed by atoms with van der Waals surface area (Å²) in [7, 11) is 0. The minimum absolute atomic E-state index is 0.673. The van der Waals surface area contributed by atoms with Gasteiger partial charge in [-0.05, 0) is 60.7 Å². The molecule has 148 valence electrons. The second-order valence-electron chi connectivity index (χ2n) is 7.20. The van der Waals surface area contributed by atoms with Gasteiger partial charge in [0.15, 0.2) is 0 Å². The molecule has 0 radical (unpaired) electrons. The molecule has 0 amide bonds. The molecule has 4 rings (SSSR count). The molecule has 1 aliphatic rings. The van der Waals surface area contributed by atoms with Crippen molar-refractivity contribution >= 4 is 28.8 Å². The number of nitrogens with one attached hydrogen (secondary N) is 1. The topological polar surface area (TPSA) is 24.5 Å². The van der Waals surface area contributed by atoms with Crippen molar-refractivity contribution in [1.29, 1.82) is 0 Å². The van der Waals surface area contributed by atoms with E-state index in [4.69, 9.17) is 4.74 Å². The van der Waals surface area contributed by atoms with Gasteiger partial charge in [0.2, 0.25) is 0 Å². The second kappa shape index (κ2) is 8.66. The van der Waals surface area contributed by atoms with E-state index in [0.29, 0.717) is 6.61 Å². The van der Waals surface area contributed by atoms with Crippen molar-refractivity contribution in [2.24, 2.45) is 0 Å². The summed E-state index contributed by atoms with van der Waals surface area (Å²) in [5.41, 5.74) is 6.76. The Kier molecular flexibility index (Phi) is 5.81. The van der Waals surface area contributed by atoms with Crippen LogP contribution in [-0.2, 0) is 6.54 Å². The zero-order valence-electron chi connectivity index (χ0n) is 16.9. The van der Waals surface area contributed by atoms with Crippen LogP contribution in [0.3, 0.4) is 0 Å². The molecule has 0 fully saturated rings. The summed E-state index contributed by atoms with van der Waals surface area (Å²) in [5.74, 6) is 0.905. The van der Waals surface area contributed by atoms with Crippen LogP contribution in [0.15, 0.2) is 78.2 Å². The normalized spacial score (nSPS) is 12.8. The number of aryl methyl sites for hydroxylation is 1. The lowest BCUT2D eigenvalue weighted by Crippen LogP contribution is -2.28. The van der Waals surface area contributed by atoms with Crippen LogP contribution >= 0.6 is 11.8 Å². The SMILES string of the molecule is C=C(NCc1ccc(SC)cc1)c1ccc2c(c1)OCCN2c1cccc(C)c1. The van der Waals surface area contributed by atoms with Crippen molar-refractivity contribution in [1.82, 2.24) is 5.32 Å². The van der Waals surface area contributed by atoms with E-state index < -0.39 is 0 Å². The van der Waals surface area contributed by atoms with E-state index in [1.165, 1.54) is 21.7 Å². The smallest absolute Gasteiger partial charge is 0.143 e. The van der Waals surface area contributed by atoms with Gasteiger partial charge in [-0.25, -0.2) is 0 Å². The summed E-state index contributed by atoms with van der Waals surface area (Å²) in [4.78, 5) is 3.59. The van der Waals surface area contributed by atoms with Crippen LogP contribution in [0, 0.1) is 6.92 Å². The highest BCUT2D eigenvalue weighted by molar-refractivity contribution is 7.98. The highest BCUT2D eigenvalue weighted by atomic mass is 32.2. The Morgan fingerprint density at radius 1 is 1.10 bits per heavy atom. The molecule has 4 heteroatoms. The average molecular weight is 403 g/mol. The van der Waals surface area contributed by atoms with Gasteiger partial charge in [-0.1, -0.05) is 36.9 Å². The molecule has 1 heterocycles. The molecule has 0 atom stereocenters. The van der Waals surface area contributed by atoms with Gasteiger partial charge in [-0.2, -0.15) is 0 Å². The number of hydrogen-bond acceptors (Lipinski definition) is 4. The van der Waals surface area contributed by atoms with Crippen molar-refractivity contribution < 1.29 is 4.74 Å². The maximum atomic E-state index is 5.97. The zero-order valence-corrected chi connectivity index (χ0v) is 17.8. The van der Waals surface area contributed by atoms with Gasteiger partial charge < -0.3 is 15.0 Å². The summed E-state index contributed by atoms with van der Waals surface area (Å²) < 4.78 is 5.97. The molecule has 3 aromatic carbocycles. The minimum Gasteiger partial charge on any atom is -0.490 e. The van der Waals surface area contributed by atoms with Gasteiger partial charge >= 0.3 is 0 Å². The van der Waals surface area contributed by atoms with E-state index in [1.807, 2.05) is 0 Å². The lowest BCUT2D eigenvalue weighted by atomic mass is 10.1. The first-order valence-corrected chi connectivity index (χ1v) is 11.0. The van der Waals surface area contributed by atoms with E-state index in [1.54, 1.807) is 11.8 Å². The van der Waals surface area contributed by atoms with Gasteiger partial charge in [0.05, 0.1) is 12.2 Å². The number of rotatable bonds is 6. The molecule has 29 heavy (non-hydrogen) atoms. The molecule has 1 aliphatic heterocycles. The number of nitrogens with zero attached hydrogens (tertiary/aromatic N) is 1. The lowest BCUT2D eigenvalue weighted by molar-refractivity contribution is 0.314. The molecule has 1 N–H and O–H groups in total. The van der Waals surface area contributed by atoms with Crippen molar-refractivity contribution in [2.75, 3.05) is 24.3 Å². The van der Waals surface area contributed by atoms with Gasteiger partial charge in [-0.15, -0.1) is 11.8 Å². The third kappa shape index (κ3) is 4.43. The van der Waals surface area contributed by atoms with E-state index in [0.717, 1.165) is 35.8 Å². The van der Waals surface area contributed by atoms with E-state index in [9.17, 15) is 0 Å². The van der Waals surface area contributed by atoms with Gasteiger partial charge in [0.25, 0.3) is 0 Å². The molecule has 0 unspecified atom stereocenters. The number of fused-ring (bicyclic) bond motifs is 1. The largest absolute Gasteiger partial charge is 0.490 e. The second-order valence-corrected chi connectivity index (χ2v) is 8.08. The fourth-order valence-electron chi connectivity index (χ4n) is 3.53. The van der Waals surface area contributed by atoms with Crippen LogP contribution in [-0.4, -0.2) is 19.4 Å². The molecular formula is C25H26N2OS. The molecule has 0 spiro atoms. The fraction of sp³-hybridized carbons (Fsp3) is 0.200. The van der Waals surface area contributed by atoms with Crippen molar-refractivity contribution in [3.05, 3.63) is 90.0 Å². The maximum Gasteiger partial charge on any atom is 0.143 e. The number of benzene rings is 3. The number of hydrogen-bond donors (Lipinski definition) is 1. The van der Waals surface area contributed by atoms with Crippen LogP contribution in [0.5, 0.6) is 5.75 Å². The lowest BCUT2D eigenvalue weighted by Gasteiger charge is -2.32. The Morgan fingerprint density at radius 3 is 2.69 bits per heavy atom. The Morgan fingerprint density at radius 2 is 1.93 bits per heavy atom. The number of ether oxygens (including phenoxy) is 1. The summed E-state index contributed by atoms with van der Waals surface area (Å²) in [6.45, 7) is 8.62. The standard InChI is InChI=1S/C25H26N2OS/c1-18-5-4-6-22(15-18)27-13-14-28-25-16-21(9-12-24(25)27)19(2)26-17-20-7-10-23(29-3)11-8-20/h4-12,15-16,26H,2,13-14,17H2,1,3H3. The highest BCUT2D eigenvalue weighted by Crippen LogP contribution is 2.38. The molecule has 0 saturated carbocycles. The third-order valence-corrected chi connectivity index (χ3v) is 5.89. The van der Waals surface area contributed by atoms with Crippen LogP contribution in [0.2, 0.25) is 0 Å². The molecule has 0 bridgehead atoms. The summed E-state index contributed by atoms with van der Waals surface area (Å²) >= 11 is 1.76. The third-order valence-electron chi connectivity index (χ3n) is 5.15. The van der Waals surface area contributed by atoms with Crippen LogP contribution < -0.4 is 15.0 Å². The number of anilines is 2. The minimum atomic E-state index is 0.673. The molecular weight excluding hydrogens is 376 g/mol. The molecule has 0 aliphatic carbocycles. The molecule has 0 saturated heterocycles. The van der Waals surface area contributed by atoms with Crippen molar-refractivity contribution in [3.8, 4) is 5.75 Å². The summed E-state index contributed by atoms with van der Waals surface area (Å²) in [5, 5.41) is 3.44. The molecule has 3 aromatic rings. The van der Waals surface area contributed by atoms with Crippen LogP contribution in [0.4, 0.5) is 11.4 Å². The van der Waals surface area contributed by atoms with E-state index in [-0.39, 0.29) is 0 Å². The fourth-order valence-corrected chi connectivity index (χ4v) is 3.93. The Hall–Kier alpha value is -2.85. The molecule has 0 aromatic heterocycles. The van der Waals surface area contributed by atoms with Gasteiger partial charge in [0.1, 0.15) is 12.4 Å².